The maximum Gasteiger partial charge on any atom is 0.322 e. The van der Waals surface area contributed by atoms with E-state index in [0.717, 1.165) is 5.75 Å². The maximum absolute atomic E-state index is 11.2. The van der Waals surface area contributed by atoms with Crippen molar-refractivity contribution in [2.45, 2.75) is 11.8 Å². The summed E-state index contributed by atoms with van der Waals surface area (Å²) in [5.41, 5.74) is 1.22. The van der Waals surface area contributed by atoms with Gasteiger partial charge in [-0.2, -0.15) is 11.8 Å². The highest BCUT2D eigenvalue weighted by atomic mass is 32.2. The van der Waals surface area contributed by atoms with Gasteiger partial charge in [0.05, 0.1) is 0 Å². The number of imide groups is 1. The number of urea groups is 1. The quantitative estimate of drug-likeness (QED) is 0.770. The Morgan fingerprint density at radius 3 is 2.56 bits per heavy atom. The van der Waals surface area contributed by atoms with Gasteiger partial charge in [0.2, 0.25) is 0 Å². The van der Waals surface area contributed by atoms with Gasteiger partial charge in [0.15, 0.2) is 0 Å². The molecular formula is C11H12N2O2S. The van der Waals surface area contributed by atoms with Crippen molar-refractivity contribution in [3.05, 3.63) is 35.9 Å². The molecule has 4 nitrogen and oxygen atoms in total. The van der Waals surface area contributed by atoms with Crippen LogP contribution in [0.3, 0.4) is 0 Å². The van der Waals surface area contributed by atoms with E-state index in [2.05, 4.69) is 10.6 Å². The lowest BCUT2D eigenvalue weighted by molar-refractivity contribution is -0.119. The molecule has 1 heterocycles. The molecule has 1 aromatic rings. The molecule has 2 rings (SSSR count). The number of amides is 3. The van der Waals surface area contributed by atoms with Gasteiger partial charge in [-0.3, -0.25) is 10.1 Å². The summed E-state index contributed by atoms with van der Waals surface area (Å²) in [5.74, 6) is 1.22. The molecule has 84 valence electrons. The van der Waals surface area contributed by atoms with E-state index in [1.807, 2.05) is 30.3 Å². The van der Waals surface area contributed by atoms with Crippen molar-refractivity contribution in [3.63, 3.8) is 0 Å². The summed E-state index contributed by atoms with van der Waals surface area (Å²) >= 11 is 1.63. The van der Waals surface area contributed by atoms with Crippen LogP contribution in [-0.2, 0) is 10.5 Å². The molecule has 1 fully saturated rings. The van der Waals surface area contributed by atoms with Gasteiger partial charge in [-0.05, 0) is 5.56 Å². The second-order valence-electron chi connectivity index (χ2n) is 3.52. The van der Waals surface area contributed by atoms with Crippen LogP contribution in [0.2, 0.25) is 0 Å². The normalized spacial score (nSPS) is 19.4. The predicted molar refractivity (Wildman–Crippen MR) is 63.1 cm³/mol. The van der Waals surface area contributed by atoms with Gasteiger partial charge in [-0.25, -0.2) is 4.79 Å². The van der Waals surface area contributed by atoms with Crippen LogP contribution >= 0.6 is 11.8 Å². The zero-order valence-corrected chi connectivity index (χ0v) is 9.42. The van der Waals surface area contributed by atoms with E-state index in [0.29, 0.717) is 5.75 Å². The topological polar surface area (TPSA) is 58.2 Å². The third-order valence-corrected chi connectivity index (χ3v) is 3.36. The number of thioether (sulfide) groups is 1. The van der Waals surface area contributed by atoms with Gasteiger partial charge in [-0.15, -0.1) is 0 Å². The standard InChI is InChI=1S/C11H12N2O2S/c14-10-9(12-11(15)13-10)7-16-6-8-4-2-1-3-5-8/h1-5,9H,6-7H2,(H2,12,13,14,15)/t9-/m0/s1. The summed E-state index contributed by atoms with van der Waals surface area (Å²) in [7, 11) is 0. The minimum absolute atomic E-state index is 0.231. The first-order valence-corrected chi connectivity index (χ1v) is 6.14. The van der Waals surface area contributed by atoms with Crippen molar-refractivity contribution >= 4 is 23.7 Å². The molecule has 2 N–H and O–H groups in total. The number of nitrogens with one attached hydrogen (secondary N) is 2. The first kappa shape index (κ1) is 11.0. The van der Waals surface area contributed by atoms with Crippen molar-refractivity contribution < 1.29 is 9.59 Å². The second kappa shape index (κ2) is 5.03. The monoisotopic (exact) mass is 236 g/mol. The molecule has 1 saturated heterocycles. The molecule has 0 spiro atoms. The van der Waals surface area contributed by atoms with E-state index in [9.17, 15) is 9.59 Å². The molecule has 0 aliphatic carbocycles. The molecular weight excluding hydrogens is 224 g/mol. The number of hydrogen-bond donors (Lipinski definition) is 2. The molecule has 1 aliphatic rings. The highest BCUT2D eigenvalue weighted by molar-refractivity contribution is 7.98. The van der Waals surface area contributed by atoms with Gasteiger partial charge in [0.1, 0.15) is 6.04 Å². The molecule has 0 bridgehead atoms. The highest BCUT2D eigenvalue weighted by Crippen LogP contribution is 2.13. The van der Waals surface area contributed by atoms with Crippen LogP contribution in [0.5, 0.6) is 0 Å². The molecule has 0 radical (unpaired) electrons. The summed E-state index contributed by atoms with van der Waals surface area (Å²) in [6.45, 7) is 0. The summed E-state index contributed by atoms with van der Waals surface area (Å²) in [6, 6.07) is 9.25. The summed E-state index contributed by atoms with van der Waals surface area (Å²) < 4.78 is 0. The summed E-state index contributed by atoms with van der Waals surface area (Å²) in [6.07, 6.45) is 0. The molecule has 3 amide bonds. The van der Waals surface area contributed by atoms with Crippen molar-refractivity contribution in [1.82, 2.24) is 10.6 Å². The zero-order valence-electron chi connectivity index (χ0n) is 8.60. The average Bonchev–Trinajstić information content (AvgIpc) is 2.59. The Labute approximate surface area is 97.8 Å². The maximum atomic E-state index is 11.2. The highest BCUT2D eigenvalue weighted by Gasteiger charge is 2.28. The molecule has 5 heteroatoms. The third-order valence-electron chi connectivity index (χ3n) is 2.25. The van der Waals surface area contributed by atoms with Crippen LogP contribution in [0.1, 0.15) is 5.56 Å². The fourth-order valence-electron chi connectivity index (χ4n) is 1.45. The molecule has 1 aliphatic heterocycles. The van der Waals surface area contributed by atoms with Crippen molar-refractivity contribution in [2.24, 2.45) is 0 Å². The van der Waals surface area contributed by atoms with Crippen LogP contribution < -0.4 is 10.6 Å². The van der Waals surface area contributed by atoms with E-state index in [1.54, 1.807) is 11.8 Å². The Bertz CT molecular complexity index is 394. The Kier molecular flexibility index (Phi) is 3.46. The lowest BCUT2D eigenvalue weighted by Gasteiger charge is -2.06. The summed E-state index contributed by atoms with van der Waals surface area (Å²) in [5, 5.41) is 4.78. The lowest BCUT2D eigenvalue weighted by atomic mass is 10.2. The van der Waals surface area contributed by atoms with Crippen molar-refractivity contribution in [1.29, 1.82) is 0 Å². The van der Waals surface area contributed by atoms with Gasteiger partial charge in [0, 0.05) is 11.5 Å². The second-order valence-corrected chi connectivity index (χ2v) is 4.55. The number of benzene rings is 1. The zero-order chi connectivity index (χ0) is 11.4. The minimum Gasteiger partial charge on any atom is -0.325 e. The van der Waals surface area contributed by atoms with E-state index in [1.165, 1.54) is 5.56 Å². The summed E-state index contributed by atoms with van der Waals surface area (Å²) in [4.78, 5) is 22.1. The SMILES string of the molecule is O=C1NC(=O)[C@H](CSCc2ccccc2)N1. The molecule has 0 saturated carbocycles. The minimum atomic E-state index is -0.393. The van der Waals surface area contributed by atoms with Crippen molar-refractivity contribution in [3.8, 4) is 0 Å². The Morgan fingerprint density at radius 1 is 1.19 bits per heavy atom. The van der Waals surface area contributed by atoms with E-state index < -0.39 is 6.03 Å². The van der Waals surface area contributed by atoms with Crippen molar-refractivity contribution in [2.75, 3.05) is 5.75 Å². The fraction of sp³-hybridized carbons (Fsp3) is 0.273. The lowest BCUT2D eigenvalue weighted by Crippen LogP contribution is -2.31. The van der Waals surface area contributed by atoms with E-state index >= 15 is 0 Å². The fourth-order valence-corrected chi connectivity index (χ4v) is 2.46. The Hall–Kier alpha value is -1.49. The molecule has 16 heavy (non-hydrogen) atoms. The smallest absolute Gasteiger partial charge is 0.322 e. The molecule has 1 aromatic carbocycles. The first-order chi connectivity index (χ1) is 7.75. The third kappa shape index (κ3) is 2.76. The van der Waals surface area contributed by atoms with E-state index in [-0.39, 0.29) is 11.9 Å². The van der Waals surface area contributed by atoms with Gasteiger partial charge in [-0.1, -0.05) is 30.3 Å². The number of hydrogen-bond acceptors (Lipinski definition) is 3. The molecule has 1 atom stereocenters. The average molecular weight is 236 g/mol. The number of carbonyl (C=O) groups excluding carboxylic acids is 2. The van der Waals surface area contributed by atoms with Gasteiger partial charge >= 0.3 is 6.03 Å². The van der Waals surface area contributed by atoms with Gasteiger partial charge < -0.3 is 5.32 Å². The van der Waals surface area contributed by atoms with Crippen LogP contribution in [-0.4, -0.2) is 23.7 Å². The van der Waals surface area contributed by atoms with Crippen LogP contribution in [0.15, 0.2) is 30.3 Å². The Morgan fingerprint density at radius 2 is 1.94 bits per heavy atom. The van der Waals surface area contributed by atoms with Crippen LogP contribution in [0, 0.1) is 0 Å². The largest absolute Gasteiger partial charge is 0.325 e. The van der Waals surface area contributed by atoms with Crippen LogP contribution in [0.25, 0.3) is 0 Å². The Balaban J connectivity index is 1.76. The molecule has 0 unspecified atom stereocenters. The van der Waals surface area contributed by atoms with E-state index in [4.69, 9.17) is 0 Å². The molecule has 0 aromatic heterocycles. The van der Waals surface area contributed by atoms with Gasteiger partial charge in [0.25, 0.3) is 5.91 Å². The number of carbonyl (C=O) groups is 2. The first-order valence-electron chi connectivity index (χ1n) is 4.99. The predicted octanol–water partition coefficient (Wildman–Crippen LogP) is 1.13. The number of rotatable bonds is 4. The van der Waals surface area contributed by atoms with Crippen LogP contribution in [0.4, 0.5) is 4.79 Å².